The fourth-order valence-electron chi connectivity index (χ4n) is 0.973. The molecule has 0 aromatic heterocycles. The van der Waals surface area contributed by atoms with Gasteiger partial charge in [-0.2, -0.15) is 0 Å². The molecular weight excluding hydrogens is 263 g/mol. The maximum Gasteiger partial charge on any atom is 0.176 e. The predicted octanol–water partition coefficient (Wildman–Crippen LogP) is 2.30. The lowest BCUT2D eigenvalue weighted by atomic mass is 10.1. The van der Waals surface area contributed by atoms with Gasteiger partial charge in [0.2, 0.25) is 0 Å². The van der Waals surface area contributed by atoms with Crippen molar-refractivity contribution in [3.63, 3.8) is 0 Å². The molecule has 0 saturated carbocycles. The molecule has 14 heavy (non-hydrogen) atoms. The van der Waals surface area contributed by atoms with Crippen molar-refractivity contribution in [2.24, 2.45) is 5.90 Å². The molecule has 0 amide bonds. The van der Waals surface area contributed by atoms with E-state index in [1.54, 1.807) is 0 Å². The van der Waals surface area contributed by atoms with E-state index in [-0.39, 0.29) is 18.6 Å². The minimum Gasteiger partial charge on any atom is -0.304 e. The summed E-state index contributed by atoms with van der Waals surface area (Å²) in [5.74, 6) is 1.54. The Bertz CT molecular complexity index is 346. The highest BCUT2D eigenvalue weighted by Crippen LogP contribution is 2.24. The van der Waals surface area contributed by atoms with Crippen molar-refractivity contribution in [1.82, 2.24) is 0 Å². The average Bonchev–Trinajstić information content (AvgIpc) is 2.18. The summed E-state index contributed by atoms with van der Waals surface area (Å²) in [6, 6.07) is 0.904. The van der Waals surface area contributed by atoms with Crippen LogP contribution < -0.4 is 5.90 Å². The zero-order valence-corrected chi connectivity index (χ0v) is 8.58. The first kappa shape index (κ1) is 11.5. The highest BCUT2D eigenvalue weighted by molar-refractivity contribution is 9.10. The van der Waals surface area contributed by atoms with E-state index in [1.165, 1.54) is 0 Å². The van der Waals surface area contributed by atoms with Gasteiger partial charge in [0.05, 0.1) is 11.1 Å². The third kappa shape index (κ3) is 2.26. The van der Waals surface area contributed by atoms with E-state index in [4.69, 9.17) is 5.90 Å². The molecule has 0 unspecified atom stereocenters. The van der Waals surface area contributed by atoms with E-state index in [9.17, 15) is 13.2 Å². The number of nitrogens with two attached hydrogens (primary N) is 1. The second-order valence-electron chi connectivity index (χ2n) is 2.58. The van der Waals surface area contributed by atoms with Crippen LogP contribution in [0.2, 0.25) is 0 Å². The van der Waals surface area contributed by atoms with Crippen molar-refractivity contribution in [3.05, 3.63) is 33.6 Å². The van der Waals surface area contributed by atoms with Crippen LogP contribution in [0.1, 0.15) is 5.56 Å². The second-order valence-corrected chi connectivity index (χ2v) is 3.37. The van der Waals surface area contributed by atoms with Gasteiger partial charge in [-0.25, -0.2) is 19.1 Å². The molecule has 0 fully saturated rings. The van der Waals surface area contributed by atoms with Gasteiger partial charge < -0.3 is 4.84 Å². The number of halogens is 4. The lowest BCUT2D eigenvalue weighted by molar-refractivity contribution is 0.140. The first-order valence-corrected chi connectivity index (χ1v) is 4.50. The van der Waals surface area contributed by atoms with E-state index in [1.807, 2.05) is 0 Å². The minimum absolute atomic E-state index is 0.00255. The fraction of sp³-hybridized carbons (Fsp3) is 0.250. The number of hydrogen-bond donors (Lipinski definition) is 1. The molecule has 0 aliphatic heterocycles. The Morgan fingerprint density at radius 2 is 1.93 bits per heavy atom. The van der Waals surface area contributed by atoms with Gasteiger partial charge in [0.1, 0.15) is 5.82 Å². The van der Waals surface area contributed by atoms with E-state index >= 15 is 0 Å². The molecule has 78 valence electrons. The molecule has 0 atom stereocenters. The summed E-state index contributed by atoms with van der Waals surface area (Å²) in [6.45, 7) is -0.00255. The summed E-state index contributed by atoms with van der Waals surface area (Å²) in [6.07, 6.45) is 0.0173. The summed E-state index contributed by atoms with van der Waals surface area (Å²) in [4.78, 5) is 4.19. The molecule has 1 rings (SSSR count). The van der Waals surface area contributed by atoms with Gasteiger partial charge in [-0.05, 0) is 27.6 Å². The van der Waals surface area contributed by atoms with E-state index in [0.717, 1.165) is 6.07 Å². The fourth-order valence-corrected chi connectivity index (χ4v) is 1.26. The maximum absolute atomic E-state index is 13.1. The Morgan fingerprint density at radius 3 is 2.50 bits per heavy atom. The molecule has 6 heteroatoms. The third-order valence-electron chi connectivity index (χ3n) is 1.67. The van der Waals surface area contributed by atoms with Crippen molar-refractivity contribution in [3.8, 4) is 0 Å². The predicted molar refractivity (Wildman–Crippen MR) is 47.9 cm³/mol. The minimum atomic E-state index is -1.24. The Kier molecular flexibility index (Phi) is 3.91. The van der Waals surface area contributed by atoms with Crippen LogP contribution in [0, 0.1) is 17.5 Å². The topological polar surface area (TPSA) is 35.2 Å². The van der Waals surface area contributed by atoms with Crippen molar-refractivity contribution in [2.75, 3.05) is 6.61 Å². The number of benzene rings is 1. The van der Waals surface area contributed by atoms with Gasteiger partial charge in [0.15, 0.2) is 11.6 Å². The molecule has 0 aliphatic rings. The summed E-state index contributed by atoms with van der Waals surface area (Å²) in [5.41, 5.74) is -0.103. The number of hydrogen-bond acceptors (Lipinski definition) is 2. The van der Waals surface area contributed by atoms with Crippen LogP contribution in [-0.2, 0) is 11.3 Å². The van der Waals surface area contributed by atoms with E-state index in [2.05, 4.69) is 20.8 Å². The Labute approximate surface area is 86.9 Å². The summed E-state index contributed by atoms with van der Waals surface area (Å²) in [5, 5.41) is 0. The van der Waals surface area contributed by atoms with Crippen LogP contribution in [0.25, 0.3) is 0 Å². The van der Waals surface area contributed by atoms with Crippen LogP contribution in [0.15, 0.2) is 10.5 Å². The second kappa shape index (κ2) is 4.77. The Morgan fingerprint density at radius 1 is 1.29 bits per heavy atom. The van der Waals surface area contributed by atoms with Crippen molar-refractivity contribution in [1.29, 1.82) is 0 Å². The van der Waals surface area contributed by atoms with Gasteiger partial charge >= 0.3 is 0 Å². The summed E-state index contributed by atoms with van der Waals surface area (Å²) in [7, 11) is 0. The van der Waals surface area contributed by atoms with Gasteiger partial charge in [-0.15, -0.1) is 0 Å². The monoisotopic (exact) mass is 269 g/mol. The Balaban J connectivity index is 3.06. The third-order valence-corrected chi connectivity index (χ3v) is 2.39. The maximum atomic E-state index is 13.1. The molecule has 0 bridgehead atoms. The zero-order chi connectivity index (χ0) is 10.7. The molecule has 0 spiro atoms. The first-order chi connectivity index (χ1) is 6.57. The van der Waals surface area contributed by atoms with Gasteiger partial charge in [0, 0.05) is 6.42 Å². The molecule has 2 nitrogen and oxygen atoms in total. The SMILES string of the molecule is NOCCc1cc(F)c(Br)c(F)c1F. The normalized spacial score (nSPS) is 10.6. The first-order valence-electron chi connectivity index (χ1n) is 3.71. The largest absolute Gasteiger partial charge is 0.304 e. The molecule has 0 radical (unpaired) electrons. The van der Waals surface area contributed by atoms with Crippen LogP contribution in [0.4, 0.5) is 13.2 Å². The van der Waals surface area contributed by atoms with Crippen LogP contribution in [0.5, 0.6) is 0 Å². The van der Waals surface area contributed by atoms with E-state index in [0.29, 0.717) is 0 Å². The van der Waals surface area contributed by atoms with E-state index < -0.39 is 21.9 Å². The van der Waals surface area contributed by atoms with Crippen LogP contribution in [0.3, 0.4) is 0 Å². The molecule has 0 heterocycles. The highest BCUT2D eigenvalue weighted by atomic mass is 79.9. The van der Waals surface area contributed by atoms with Crippen molar-refractivity contribution >= 4 is 15.9 Å². The van der Waals surface area contributed by atoms with Crippen molar-refractivity contribution < 1.29 is 18.0 Å². The number of rotatable bonds is 3. The Hall–Kier alpha value is -0.590. The smallest absolute Gasteiger partial charge is 0.176 e. The molecule has 0 aliphatic carbocycles. The van der Waals surface area contributed by atoms with Gasteiger partial charge in [0.25, 0.3) is 0 Å². The molecule has 1 aromatic rings. The summed E-state index contributed by atoms with van der Waals surface area (Å²) < 4.78 is 38.5. The highest BCUT2D eigenvalue weighted by Gasteiger charge is 2.16. The zero-order valence-electron chi connectivity index (χ0n) is 6.99. The molecule has 1 aromatic carbocycles. The average molecular weight is 270 g/mol. The van der Waals surface area contributed by atoms with Crippen LogP contribution in [-0.4, -0.2) is 6.61 Å². The quantitative estimate of drug-likeness (QED) is 0.519. The molecular formula is C8H7BrF3NO. The van der Waals surface area contributed by atoms with Gasteiger partial charge in [-0.1, -0.05) is 0 Å². The molecule has 0 saturated heterocycles. The summed E-state index contributed by atoms with van der Waals surface area (Å²) >= 11 is 2.59. The molecule has 2 N–H and O–H groups in total. The standard InChI is InChI=1S/C8H7BrF3NO/c9-6-5(10)3-4(1-2-14-13)7(11)8(6)12/h3H,1-2,13H2. The lowest BCUT2D eigenvalue weighted by Crippen LogP contribution is -2.07. The van der Waals surface area contributed by atoms with Crippen LogP contribution >= 0.6 is 15.9 Å². The van der Waals surface area contributed by atoms with Gasteiger partial charge in [-0.3, -0.25) is 0 Å². The van der Waals surface area contributed by atoms with Crippen molar-refractivity contribution in [2.45, 2.75) is 6.42 Å². The lowest BCUT2D eigenvalue weighted by Gasteiger charge is -2.05.